The lowest BCUT2D eigenvalue weighted by atomic mass is 10.2. The SMILES string of the molecule is Fc1cc(Cl)ccc1-n1c(CCCl)nc2cc(Br)ccc21. The number of aryl methyl sites for hydroxylation is 1. The molecule has 0 radical (unpaired) electrons. The number of nitrogens with zero attached hydrogens (tertiary/aromatic N) is 2. The van der Waals surface area contributed by atoms with E-state index in [1.54, 1.807) is 16.7 Å². The van der Waals surface area contributed by atoms with Crippen molar-refractivity contribution in [3.05, 3.63) is 57.5 Å². The summed E-state index contributed by atoms with van der Waals surface area (Å²) < 4.78 is 17.0. The normalized spacial score (nSPS) is 11.2. The van der Waals surface area contributed by atoms with Gasteiger partial charge in [0.2, 0.25) is 0 Å². The van der Waals surface area contributed by atoms with E-state index in [1.165, 1.54) is 6.07 Å². The summed E-state index contributed by atoms with van der Waals surface area (Å²) in [7, 11) is 0. The van der Waals surface area contributed by atoms with Gasteiger partial charge in [-0.2, -0.15) is 0 Å². The van der Waals surface area contributed by atoms with E-state index in [0.717, 1.165) is 21.3 Å². The van der Waals surface area contributed by atoms with Crippen molar-refractivity contribution in [2.45, 2.75) is 6.42 Å². The van der Waals surface area contributed by atoms with Crippen molar-refractivity contribution in [2.24, 2.45) is 0 Å². The van der Waals surface area contributed by atoms with Crippen LogP contribution in [-0.4, -0.2) is 15.4 Å². The lowest BCUT2D eigenvalue weighted by molar-refractivity contribution is 0.617. The van der Waals surface area contributed by atoms with E-state index in [9.17, 15) is 4.39 Å². The van der Waals surface area contributed by atoms with Crippen molar-refractivity contribution in [1.29, 1.82) is 0 Å². The Morgan fingerprint density at radius 2 is 2.00 bits per heavy atom. The standard InChI is InChI=1S/C15H10BrCl2FN2/c16-9-1-3-14-12(7-9)20-15(5-6-17)21(14)13-4-2-10(18)8-11(13)19/h1-4,7-8H,5-6H2. The van der Waals surface area contributed by atoms with Crippen molar-refractivity contribution in [3.63, 3.8) is 0 Å². The molecule has 1 heterocycles. The molecule has 3 aromatic rings. The third kappa shape index (κ3) is 2.80. The van der Waals surface area contributed by atoms with E-state index < -0.39 is 0 Å². The van der Waals surface area contributed by atoms with Crippen molar-refractivity contribution in [1.82, 2.24) is 9.55 Å². The molecule has 2 aromatic carbocycles. The van der Waals surface area contributed by atoms with Crippen molar-refractivity contribution < 1.29 is 4.39 Å². The van der Waals surface area contributed by atoms with Crippen molar-refractivity contribution in [3.8, 4) is 5.69 Å². The van der Waals surface area contributed by atoms with E-state index in [1.807, 2.05) is 18.2 Å². The molecule has 21 heavy (non-hydrogen) atoms. The molecule has 3 rings (SSSR count). The van der Waals surface area contributed by atoms with Gasteiger partial charge in [0, 0.05) is 21.8 Å². The Morgan fingerprint density at radius 1 is 1.19 bits per heavy atom. The minimum atomic E-state index is -0.388. The van der Waals surface area contributed by atoms with Crippen LogP contribution in [0.3, 0.4) is 0 Å². The zero-order valence-corrected chi connectivity index (χ0v) is 13.9. The molecule has 0 aliphatic rings. The molecule has 0 bridgehead atoms. The summed E-state index contributed by atoms with van der Waals surface area (Å²) in [5.74, 6) is 0.750. The van der Waals surface area contributed by atoms with E-state index in [4.69, 9.17) is 23.2 Å². The molecule has 0 fully saturated rings. The van der Waals surface area contributed by atoms with Gasteiger partial charge in [0.15, 0.2) is 0 Å². The zero-order chi connectivity index (χ0) is 15.0. The summed E-state index contributed by atoms with van der Waals surface area (Å²) in [6, 6.07) is 10.3. The summed E-state index contributed by atoms with van der Waals surface area (Å²) in [5.41, 5.74) is 2.04. The molecule has 0 N–H and O–H groups in total. The second-order valence-corrected chi connectivity index (χ2v) is 6.26. The van der Waals surface area contributed by atoms with Crippen LogP contribution in [0.2, 0.25) is 5.02 Å². The first-order valence-corrected chi connectivity index (χ1v) is 7.99. The molecule has 0 spiro atoms. The highest BCUT2D eigenvalue weighted by molar-refractivity contribution is 9.10. The maximum atomic E-state index is 14.3. The van der Waals surface area contributed by atoms with Crippen LogP contribution in [0.5, 0.6) is 0 Å². The minimum Gasteiger partial charge on any atom is -0.293 e. The number of aromatic nitrogens is 2. The lowest BCUT2D eigenvalue weighted by Crippen LogP contribution is -2.04. The molecule has 0 saturated heterocycles. The number of hydrogen-bond acceptors (Lipinski definition) is 1. The third-order valence-electron chi connectivity index (χ3n) is 3.15. The van der Waals surface area contributed by atoms with E-state index in [0.29, 0.717) is 23.0 Å². The number of rotatable bonds is 3. The zero-order valence-electron chi connectivity index (χ0n) is 10.8. The molecular formula is C15H10BrCl2FN2. The molecule has 0 amide bonds. The number of benzene rings is 2. The summed E-state index contributed by atoms with van der Waals surface area (Å²) in [6.45, 7) is 0. The average Bonchev–Trinajstić information content (AvgIpc) is 2.76. The van der Waals surface area contributed by atoms with Gasteiger partial charge in [-0.1, -0.05) is 27.5 Å². The van der Waals surface area contributed by atoms with Crippen LogP contribution >= 0.6 is 39.1 Å². The molecule has 6 heteroatoms. The summed E-state index contributed by atoms with van der Waals surface area (Å²) >= 11 is 15.1. The molecule has 0 unspecified atom stereocenters. The van der Waals surface area contributed by atoms with Gasteiger partial charge in [-0.3, -0.25) is 4.57 Å². The molecule has 0 saturated carbocycles. The molecule has 0 aliphatic carbocycles. The fourth-order valence-electron chi connectivity index (χ4n) is 2.29. The number of hydrogen-bond donors (Lipinski definition) is 0. The maximum Gasteiger partial charge on any atom is 0.148 e. The summed E-state index contributed by atoms with van der Waals surface area (Å²) in [5, 5.41) is 0.363. The van der Waals surface area contributed by atoms with Gasteiger partial charge in [0.1, 0.15) is 11.6 Å². The third-order valence-corrected chi connectivity index (χ3v) is 4.07. The molecule has 1 aromatic heterocycles. The van der Waals surface area contributed by atoms with Crippen molar-refractivity contribution in [2.75, 3.05) is 5.88 Å². The second kappa shape index (κ2) is 5.95. The molecule has 108 valence electrons. The number of fused-ring (bicyclic) bond motifs is 1. The Hall–Kier alpha value is -1.10. The number of halogens is 4. The van der Waals surface area contributed by atoms with E-state index >= 15 is 0 Å². The van der Waals surface area contributed by atoms with Crippen LogP contribution in [0.25, 0.3) is 16.7 Å². The average molecular weight is 388 g/mol. The number of imidazole rings is 1. The van der Waals surface area contributed by atoms with Gasteiger partial charge in [0.25, 0.3) is 0 Å². The van der Waals surface area contributed by atoms with Crippen LogP contribution in [0, 0.1) is 5.82 Å². The van der Waals surface area contributed by atoms with Gasteiger partial charge >= 0.3 is 0 Å². The smallest absolute Gasteiger partial charge is 0.148 e. The highest BCUT2D eigenvalue weighted by Gasteiger charge is 2.15. The number of alkyl halides is 1. The predicted octanol–water partition coefficient (Wildman–Crippen LogP) is 5.36. The van der Waals surface area contributed by atoms with Gasteiger partial charge in [-0.05, 0) is 36.4 Å². The topological polar surface area (TPSA) is 17.8 Å². The highest BCUT2D eigenvalue weighted by Crippen LogP contribution is 2.27. The minimum absolute atomic E-state index is 0.363. The monoisotopic (exact) mass is 386 g/mol. The molecule has 2 nitrogen and oxygen atoms in total. The van der Waals surface area contributed by atoms with Crippen LogP contribution in [0.15, 0.2) is 40.9 Å². The van der Waals surface area contributed by atoms with Gasteiger partial charge < -0.3 is 0 Å². The summed E-state index contributed by atoms with van der Waals surface area (Å²) in [6.07, 6.45) is 0.552. The Balaban J connectivity index is 2.30. The fraction of sp³-hybridized carbons (Fsp3) is 0.133. The maximum absolute atomic E-state index is 14.3. The van der Waals surface area contributed by atoms with Gasteiger partial charge in [-0.15, -0.1) is 11.6 Å². The van der Waals surface area contributed by atoms with Crippen molar-refractivity contribution >= 4 is 50.2 Å². The fourth-order valence-corrected chi connectivity index (χ4v) is 2.96. The van der Waals surface area contributed by atoms with Gasteiger partial charge in [-0.25, -0.2) is 9.37 Å². The summed E-state index contributed by atoms with van der Waals surface area (Å²) in [4.78, 5) is 4.55. The first kappa shape index (κ1) is 14.8. The first-order valence-electron chi connectivity index (χ1n) is 6.28. The molecule has 0 aliphatic heterocycles. The van der Waals surface area contributed by atoms with Crippen LogP contribution < -0.4 is 0 Å². The quantitative estimate of drug-likeness (QED) is 0.553. The van der Waals surface area contributed by atoms with Crippen LogP contribution in [-0.2, 0) is 6.42 Å². The molecular weight excluding hydrogens is 378 g/mol. The Labute approximate surface area is 139 Å². The predicted molar refractivity (Wildman–Crippen MR) is 88.2 cm³/mol. The van der Waals surface area contributed by atoms with Crippen LogP contribution in [0.1, 0.15) is 5.82 Å². The first-order chi connectivity index (χ1) is 10.1. The van der Waals surface area contributed by atoms with Crippen LogP contribution in [0.4, 0.5) is 4.39 Å². The largest absolute Gasteiger partial charge is 0.293 e. The Bertz CT molecular complexity index is 817. The van der Waals surface area contributed by atoms with E-state index in [-0.39, 0.29) is 5.82 Å². The second-order valence-electron chi connectivity index (χ2n) is 4.53. The van der Waals surface area contributed by atoms with Gasteiger partial charge in [0.05, 0.1) is 16.7 Å². The van der Waals surface area contributed by atoms with E-state index in [2.05, 4.69) is 20.9 Å². The Morgan fingerprint density at radius 3 is 2.71 bits per heavy atom. The lowest BCUT2D eigenvalue weighted by Gasteiger charge is -2.10. The highest BCUT2D eigenvalue weighted by atomic mass is 79.9. The Kier molecular flexibility index (Phi) is 4.20. The molecule has 0 atom stereocenters.